The molecule has 0 heterocycles. The normalized spacial score (nSPS) is 23.1. The van der Waals surface area contributed by atoms with Crippen LogP contribution in [-0.2, 0) is 10.2 Å². The molecule has 23 heavy (non-hydrogen) atoms. The van der Waals surface area contributed by atoms with Crippen molar-refractivity contribution in [3.05, 3.63) is 65.2 Å². The van der Waals surface area contributed by atoms with Crippen LogP contribution in [-0.4, -0.2) is 17.7 Å². The molecule has 0 amide bonds. The van der Waals surface area contributed by atoms with Gasteiger partial charge in [-0.2, -0.15) is 0 Å². The third kappa shape index (κ3) is 2.83. The van der Waals surface area contributed by atoms with E-state index in [2.05, 4.69) is 6.92 Å². The third-order valence-corrected chi connectivity index (χ3v) is 4.76. The van der Waals surface area contributed by atoms with Crippen LogP contribution in [0.25, 0.3) is 0 Å². The zero-order chi connectivity index (χ0) is 16.4. The predicted octanol–water partition coefficient (Wildman–Crippen LogP) is 4.28. The molecule has 0 bridgehead atoms. The van der Waals surface area contributed by atoms with Gasteiger partial charge in [-0.3, -0.25) is 0 Å². The minimum Gasteiger partial charge on any atom is -0.508 e. The van der Waals surface area contributed by atoms with Crippen LogP contribution in [0.15, 0.2) is 48.5 Å². The first-order valence-corrected chi connectivity index (χ1v) is 8.12. The average molecular weight is 310 g/mol. The van der Waals surface area contributed by atoms with Gasteiger partial charge in [-0.05, 0) is 61.1 Å². The van der Waals surface area contributed by atoms with Crippen molar-refractivity contribution in [2.75, 3.05) is 6.61 Å². The van der Waals surface area contributed by atoms with Gasteiger partial charge in [0, 0.05) is 5.41 Å². The van der Waals surface area contributed by atoms with Crippen LogP contribution in [0.2, 0.25) is 0 Å². The largest absolute Gasteiger partial charge is 0.508 e. The molecule has 0 aliphatic heterocycles. The number of hydrogen-bond donors (Lipinski definition) is 1. The number of carbonyl (C=O) groups excluding carboxylic acids is 1. The molecule has 0 atom stereocenters. The molecule has 1 fully saturated rings. The number of esters is 1. The lowest BCUT2D eigenvalue weighted by Crippen LogP contribution is -2.41. The average Bonchev–Trinajstić information content (AvgIpc) is 2.53. The Labute approximate surface area is 136 Å². The molecule has 2 aromatic rings. The fraction of sp³-hybridized carbons (Fsp3) is 0.350. The van der Waals surface area contributed by atoms with Gasteiger partial charge < -0.3 is 9.84 Å². The van der Waals surface area contributed by atoms with Crippen LogP contribution >= 0.6 is 0 Å². The molecular formula is C20H22O3. The van der Waals surface area contributed by atoms with Gasteiger partial charge >= 0.3 is 5.97 Å². The molecule has 3 rings (SSSR count). The lowest BCUT2D eigenvalue weighted by molar-refractivity contribution is 0.0526. The van der Waals surface area contributed by atoms with Crippen LogP contribution in [0, 0.1) is 5.92 Å². The zero-order valence-corrected chi connectivity index (χ0v) is 13.6. The highest BCUT2D eigenvalue weighted by molar-refractivity contribution is 5.89. The molecule has 120 valence electrons. The van der Waals surface area contributed by atoms with Gasteiger partial charge in [-0.1, -0.05) is 31.2 Å². The van der Waals surface area contributed by atoms with Crippen LogP contribution in [0.3, 0.4) is 0 Å². The number of benzene rings is 2. The molecule has 2 aromatic carbocycles. The second kappa shape index (κ2) is 6.07. The third-order valence-electron chi connectivity index (χ3n) is 4.76. The van der Waals surface area contributed by atoms with Crippen LogP contribution in [0.4, 0.5) is 0 Å². The molecule has 1 aliphatic carbocycles. The SMILES string of the molecule is CCOC(=O)c1ccc(C2(c3ccc(O)cc3)CC(C)C2)cc1. The Morgan fingerprint density at radius 3 is 2.09 bits per heavy atom. The van der Waals surface area contributed by atoms with E-state index in [1.807, 2.05) is 43.3 Å². The summed E-state index contributed by atoms with van der Waals surface area (Å²) in [5.41, 5.74) is 3.01. The molecule has 0 radical (unpaired) electrons. The van der Waals surface area contributed by atoms with Gasteiger partial charge in [0.15, 0.2) is 0 Å². The molecule has 3 nitrogen and oxygen atoms in total. The molecule has 0 aromatic heterocycles. The Kier molecular flexibility index (Phi) is 4.12. The summed E-state index contributed by atoms with van der Waals surface area (Å²) in [6, 6.07) is 15.2. The van der Waals surface area contributed by atoms with Crippen molar-refractivity contribution in [1.29, 1.82) is 0 Å². The number of hydrogen-bond acceptors (Lipinski definition) is 3. The van der Waals surface area contributed by atoms with Crippen LogP contribution in [0.5, 0.6) is 5.75 Å². The van der Waals surface area contributed by atoms with E-state index in [4.69, 9.17) is 4.74 Å². The Bertz CT molecular complexity index is 680. The van der Waals surface area contributed by atoms with E-state index in [0.29, 0.717) is 18.1 Å². The van der Waals surface area contributed by atoms with Crippen molar-refractivity contribution in [2.45, 2.75) is 32.1 Å². The van der Waals surface area contributed by atoms with Crippen LogP contribution in [0.1, 0.15) is 48.2 Å². The Morgan fingerprint density at radius 2 is 1.61 bits per heavy atom. The minimum atomic E-state index is -0.278. The summed E-state index contributed by atoms with van der Waals surface area (Å²) in [6.45, 7) is 4.45. The molecule has 3 heteroatoms. The topological polar surface area (TPSA) is 46.5 Å². The maximum atomic E-state index is 11.8. The monoisotopic (exact) mass is 310 g/mol. The van der Waals surface area contributed by atoms with E-state index < -0.39 is 0 Å². The molecule has 0 unspecified atom stereocenters. The predicted molar refractivity (Wildman–Crippen MR) is 89.7 cm³/mol. The van der Waals surface area contributed by atoms with Crippen LogP contribution < -0.4 is 0 Å². The zero-order valence-electron chi connectivity index (χ0n) is 13.6. The van der Waals surface area contributed by atoms with E-state index in [1.165, 1.54) is 11.1 Å². The molecular weight excluding hydrogens is 288 g/mol. The maximum Gasteiger partial charge on any atom is 0.338 e. The van der Waals surface area contributed by atoms with Crippen molar-refractivity contribution in [3.63, 3.8) is 0 Å². The first-order valence-electron chi connectivity index (χ1n) is 8.12. The van der Waals surface area contributed by atoms with E-state index in [1.54, 1.807) is 12.1 Å². The lowest BCUT2D eigenvalue weighted by atomic mass is 9.56. The van der Waals surface area contributed by atoms with Gasteiger partial charge in [0.05, 0.1) is 12.2 Å². The van der Waals surface area contributed by atoms with Crippen molar-refractivity contribution >= 4 is 5.97 Å². The van der Waals surface area contributed by atoms with Gasteiger partial charge in [0.1, 0.15) is 5.75 Å². The molecule has 0 spiro atoms. The Balaban J connectivity index is 1.93. The Hall–Kier alpha value is -2.29. The smallest absolute Gasteiger partial charge is 0.338 e. The highest BCUT2D eigenvalue weighted by Gasteiger charge is 2.44. The Morgan fingerprint density at radius 1 is 1.09 bits per heavy atom. The first-order chi connectivity index (χ1) is 11.0. The molecule has 1 aliphatic rings. The number of phenolic OH excluding ortho intramolecular Hbond substituents is 1. The van der Waals surface area contributed by atoms with Crippen molar-refractivity contribution in [1.82, 2.24) is 0 Å². The van der Waals surface area contributed by atoms with Crippen molar-refractivity contribution < 1.29 is 14.6 Å². The van der Waals surface area contributed by atoms with Gasteiger partial charge in [-0.15, -0.1) is 0 Å². The second-order valence-electron chi connectivity index (χ2n) is 6.44. The van der Waals surface area contributed by atoms with E-state index >= 15 is 0 Å². The fourth-order valence-electron chi connectivity index (χ4n) is 3.69. The summed E-state index contributed by atoms with van der Waals surface area (Å²) in [5, 5.41) is 9.53. The maximum absolute atomic E-state index is 11.8. The number of ether oxygens (including phenoxy) is 1. The quantitative estimate of drug-likeness (QED) is 0.857. The van der Waals surface area contributed by atoms with E-state index in [9.17, 15) is 9.90 Å². The summed E-state index contributed by atoms with van der Waals surface area (Å²) in [5.74, 6) is 0.683. The summed E-state index contributed by atoms with van der Waals surface area (Å²) in [4.78, 5) is 11.8. The standard InChI is InChI=1S/C20H22O3/c1-3-23-19(22)15-4-6-16(7-5-15)20(12-14(2)13-20)17-8-10-18(21)11-9-17/h4-11,14,21H,3,12-13H2,1-2H3. The minimum absolute atomic E-state index is 0.0136. The first kappa shape index (κ1) is 15.6. The highest BCUT2D eigenvalue weighted by Crippen LogP contribution is 2.52. The number of phenols is 1. The van der Waals surface area contributed by atoms with E-state index in [0.717, 1.165) is 12.8 Å². The summed E-state index contributed by atoms with van der Waals surface area (Å²) in [6.07, 6.45) is 2.16. The summed E-state index contributed by atoms with van der Waals surface area (Å²) >= 11 is 0. The van der Waals surface area contributed by atoms with E-state index in [-0.39, 0.29) is 17.1 Å². The number of aromatic hydroxyl groups is 1. The number of rotatable bonds is 4. The highest BCUT2D eigenvalue weighted by atomic mass is 16.5. The molecule has 1 N–H and O–H groups in total. The summed E-state index contributed by atoms with van der Waals surface area (Å²) in [7, 11) is 0. The van der Waals surface area contributed by atoms with Gasteiger partial charge in [0.25, 0.3) is 0 Å². The van der Waals surface area contributed by atoms with Gasteiger partial charge in [-0.25, -0.2) is 4.79 Å². The van der Waals surface area contributed by atoms with Gasteiger partial charge in [0.2, 0.25) is 0 Å². The second-order valence-corrected chi connectivity index (χ2v) is 6.44. The van der Waals surface area contributed by atoms with Crippen molar-refractivity contribution in [2.24, 2.45) is 5.92 Å². The number of carbonyl (C=O) groups is 1. The molecule has 1 saturated carbocycles. The van der Waals surface area contributed by atoms with Crippen molar-refractivity contribution in [3.8, 4) is 5.75 Å². The lowest BCUT2D eigenvalue weighted by Gasteiger charge is -2.48. The summed E-state index contributed by atoms with van der Waals surface area (Å²) < 4.78 is 5.04. The molecule has 0 saturated heterocycles. The fourth-order valence-corrected chi connectivity index (χ4v) is 3.69.